The molecule has 2 fully saturated rings. The second-order valence-electron chi connectivity index (χ2n) is 10.1. The highest BCUT2D eigenvalue weighted by molar-refractivity contribution is 5.70. The largest absolute Gasteiger partial charge is 0.396 e. The summed E-state index contributed by atoms with van der Waals surface area (Å²) < 4.78 is 5.21. The van der Waals surface area contributed by atoms with Crippen LogP contribution in [0.3, 0.4) is 0 Å². The van der Waals surface area contributed by atoms with Crippen molar-refractivity contribution >= 4 is 6.29 Å². The number of rotatable bonds is 12. The maximum atomic E-state index is 9.41. The summed E-state index contributed by atoms with van der Waals surface area (Å²) >= 11 is 0. The van der Waals surface area contributed by atoms with Gasteiger partial charge in [-0.1, -0.05) is 71.3 Å². The van der Waals surface area contributed by atoms with Gasteiger partial charge in [-0.05, 0) is 68.3 Å². The van der Waals surface area contributed by atoms with Crippen LogP contribution in [-0.2, 0) is 9.53 Å². The van der Waals surface area contributed by atoms with Crippen molar-refractivity contribution in [2.45, 2.75) is 104 Å². The van der Waals surface area contributed by atoms with Gasteiger partial charge in [0.25, 0.3) is 0 Å². The monoisotopic (exact) mass is 422 g/mol. The van der Waals surface area contributed by atoms with E-state index in [-0.39, 0.29) is 6.61 Å². The standard InChI is InChI=1S/C23H44O2.C4H6O/c1-3-4-5-6-19-9-13-22(14-10-19)23-15-11-20(12-16-23)7-8-21(17-24)18-25-2;1-4(2)3-5/h19-24H,3-18H2,1-2H3;3H,1H2,2H3. The van der Waals surface area contributed by atoms with E-state index >= 15 is 0 Å². The third-order valence-electron chi connectivity index (χ3n) is 7.51. The van der Waals surface area contributed by atoms with Crippen LogP contribution in [0.1, 0.15) is 104 Å². The predicted molar refractivity (Wildman–Crippen MR) is 128 cm³/mol. The lowest BCUT2D eigenvalue weighted by Gasteiger charge is -2.38. The fraction of sp³-hybridized carbons (Fsp3) is 0.889. The van der Waals surface area contributed by atoms with Crippen molar-refractivity contribution in [1.82, 2.24) is 0 Å². The first kappa shape index (κ1) is 27.4. The van der Waals surface area contributed by atoms with E-state index in [0.717, 1.165) is 36.4 Å². The Morgan fingerprint density at radius 2 is 1.50 bits per heavy atom. The number of aliphatic hydroxyl groups is 1. The SMILES string of the molecule is C=C(C)C=O.CCCCCC1CCC(C2CCC(CCC(CO)COC)CC2)CC1. The normalized spacial score (nSPS) is 27.6. The zero-order valence-electron chi connectivity index (χ0n) is 20.2. The van der Waals surface area contributed by atoms with E-state index in [0.29, 0.717) is 18.1 Å². The molecule has 1 atom stereocenters. The predicted octanol–water partition coefficient (Wildman–Crippen LogP) is 6.98. The number of allylic oxidation sites excluding steroid dienone is 1. The van der Waals surface area contributed by atoms with Crippen molar-refractivity contribution in [3.8, 4) is 0 Å². The highest BCUT2D eigenvalue weighted by atomic mass is 16.5. The Morgan fingerprint density at radius 3 is 1.90 bits per heavy atom. The number of methoxy groups -OCH3 is 1. The number of aliphatic hydroxyl groups excluding tert-OH is 1. The van der Waals surface area contributed by atoms with Gasteiger partial charge < -0.3 is 9.84 Å². The van der Waals surface area contributed by atoms with Gasteiger partial charge in [0, 0.05) is 19.6 Å². The molecule has 0 aliphatic heterocycles. The molecule has 0 spiro atoms. The van der Waals surface area contributed by atoms with Crippen molar-refractivity contribution in [3.63, 3.8) is 0 Å². The molecule has 1 N–H and O–H groups in total. The first-order valence-corrected chi connectivity index (χ1v) is 12.7. The Kier molecular flexibility index (Phi) is 15.5. The van der Waals surface area contributed by atoms with Gasteiger partial charge in [-0.15, -0.1) is 0 Å². The van der Waals surface area contributed by atoms with Crippen LogP contribution in [0.4, 0.5) is 0 Å². The van der Waals surface area contributed by atoms with E-state index < -0.39 is 0 Å². The maximum absolute atomic E-state index is 9.41. The fourth-order valence-corrected chi connectivity index (χ4v) is 5.51. The van der Waals surface area contributed by atoms with Gasteiger partial charge in [-0.2, -0.15) is 0 Å². The summed E-state index contributed by atoms with van der Waals surface area (Å²) in [5, 5.41) is 9.41. The van der Waals surface area contributed by atoms with Crippen molar-refractivity contribution < 1.29 is 14.6 Å². The minimum atomic E-state index is 0.282. The number of hydrogen-bond donors (Lipinski definition) is 1. The van der Waals surface area contributed by atoms with E-state index in [1.165, 1.54) is 83.5 Å². The van der Waals surface area contributed by atoms with E-state index in [9.17, 15) is 9.90 Å². The molecule has 0 aromatic rings. The second kappa shape index (κ2) is 17.0. The van der Waals surface area contributed by atoms with Crippen LogP contribution in [0.5, 0.6) is 0 Å². The molecule has 0 aromatic carbocycles. The van der Waals surface area contributed by atoms with Crippen LogP contribution in [0, 0.1) is 29.6 Å². The summed E-state index contributed by atoms with van der Waals surface area (Å²) in [6.45, 7) is 8.28. The molecule has 3 nitrogen and oxygen atoms in total. The lowest BCUT2D eigenvalue weighted by Crippen LogP contribution is -2.26. The minimum Gasteiger partial charge on any atom is -0.396 e. The van der Waals surface area contributed by atoms with Gasteiger partial charge in [-0.3, -0.25) is 4.79 Å². The Hall–Kier alpha value is -0.670. The molecule has 0 aromatic heterocycles. The molecule has 176 valence electrons. The summed E-state index contributed by atoms with van der Waals surface area (Å²) in [6, 6.07) is 0. The molecule has 1 unspecified atom stereocenters. The molecular formula is C27H50O3. The first-order valence-electron chi connectivity index (χ1n) is 12.7. The summed E-state index contributed by atoms with van der Waals surface area (Å²) in [5.41, 5.74) is 0.574. The van der Waals surface area contributed by atoms with Gasteiger partial charge >= 0.3 is 0 Å². The average Bonchev–Trinajstić information content (AvgIpc) is 2.78. The molecule has 0 saturated heterocycles. The quantitative estimate of drug-likeness (QED) is 0.210. The fourth-order valence-electron chi connectivity index (χ4n) is 5.51. The van der Waals surface area contributed by atoms with Crippen LogP contribution in [0.25, 0.3) is 0 Å². The number of hydrogen-bond acceptors (Lipinski definition) is 3. The Morgan fingerprint density at radius 1 is 1.00 bits per heavy atom. The molecular weight excluding hydrogens is 372 g/mol. The van der Waals surface area contributed by atoms with Gasteiger partial charge in [0.1, 0.15) is 6.29 Å². The van der Waals surface area contributed by atoms with E-state index in [4.69, 9.17) is 4.74 Å². The molecule has 2 saturated carbocycles. The summed E-state index contributed by atoms with van der Waals surface area (Å²) in [5.74, 6) is 4.39. The van der Waals surface area contributed by atoms with Crippen LogP contribution in [-0.4, -0.2) is 31.7 Å². The number of carbonyl (C=O) groups excluding carboxylic acids is 1. The Bertz CT molecular complexity index is 431. The first-order chi connectivity index (χ1) is 14.5. The average molecular weight is 423 g/mol. The molecule has 2 aliphatic rings. The van der Waals surface area contributed by atoms with Gasteiger partial charge in [0.2, 0.25) is 0 Å². The second-order valence-corrected chi connectivity index (χ2v) is 10.1. The third-order valence-corrected chi connectivity index (χ3v) is 7.51. The molecule has 2 aliphatic carbocycles. The van der Waals surface area contributed by atoms with Crippen LogP contribution < -0.4 is 0 Å². The van der Waals surface area contributed by atoms with Gasteiger partial charge in [0.05, 0.1) is 6.61 Å². The summed E-state index contributed by atoms with van der Waals surface area (Å²) in [7, 11) is 1.74. The number of ether oxygens (including phenoxy) is 1. The molecule has 2 rings (SSSR count). The van der Waals surface area contributed by atoms with E-state index in [1.54, 1.807) is 14.0 Å². The maximum Gasteiger partial charge on any atom is 0.145 e. The smallest absolute Gasteiger partial charge is 0.145 e. The van der Waals surface area contributed by atoms with Crippen molar-refractivity contribution in [1.29, 1.82) is 0 Å². The highest BCUT2D eigenvalue weighted by Gasteiger charge is 2.30. The van der Waals surface area contributed by atoms with Crippen LogP contribution >= 0.6 is 0 Å². The van der Waals surface area contributed by atoms with Crippen LogP contribution in [0.15, 0.2) is 12.2 Å². The van der Waals surface area contributed by atoms with Crippen molar-refractivity contribution in [2.75, 3.05) is 20.3 Å². The zero-order chi connectivity index (χ0) is 22.2. The number of aldehydes is 1. The molecule has 0 bridgehead atoms. The lowest BCUT2D eigenvalue weighted by molar-refractivity contribution is -0.104. The summed E-state index contributed by atoms with van der Waals surface area (Å²) in [4.78, 5) is 9.41. The van der Waals surface area contributed by atoms with E-state index in [2.05, 4.69) is 13.5 Å². The van der Waals surface area contributed by atoms with Gasteiger partial charge in [-0.25, -0.2) is 0 Å². The van der Waals surface area contributed by atoms with E-state index in [1.807, 2.05) is 0 Å². The van der Waals surface area contributed by atoms with Crippen molar-refractivity contribution in [3.05, 3.63) is 12.2 Å². The molecule has 0 radical (unpaired) electrons. The number of unbranched alkanes of at least 4 members (excludes halogenated alkanes) is 2. The summed E-state index contributed by atoms with van der Waals surface area (Å²) in [6.07, 6.45) is 20.8. The lowest BCUT2D eigenvalue weighted by atomic mass is 9.68. The Balaban J connectivity index is 0.000000804. The van der Waals surface area contributed by atoms with Crippen molar-refractivity contribution in [2.24, 2.45) is 29.6 Å². The Labute approximate surface area is 187 Å². The molecule has 0 amide bonds. The molecule has 3 heteroatoms. The molecule has 30 heavy (non-hydrogen) atoms. The third kappa shape index (κ3) is 11.6. The van der Waals surface area contributed by atoms with Crippen LogP contribution in [0.2, 0.25) is 0 Å². The molecule has 0 heterocycles. The van der Waals surface area contributed by atoms with Gasteiger partial charge in [0.15, 0.2) is 0 Å². The number of carbonyl (C=O) groups is 1. The topological polar surface area (TPSA) is 46.5 Å². The zero-order valence-corrected chi connectivity index (χ0v) is 20.2. The minimum absolute atomic E-state index is 0.282. The highest BCUT2D eigenvalue weighted by Crippen LogP contribution is 2.43.